The standard InChI is InChI=1S/C19H17N3O2/c23-18-16-15(6-3-7-20-16)11-21-17(18)19(24)22-10-12-8-13-4-1-2-5-14(13)9-12/h1-7,11-12,23H,8-10H2,(H,22,24). The monoisotopic (exact) mass is 319 g/mol. The van der Waals surface area contributed by atoms with Crippen molar-refractivity contribution in [2.24, 2.45) is 5.92 Å². The van der Waals surface area contributed by atoms with Crippen LogP contribution in [0.2, 0.25) is 0 Å². The van der Waals surface area contributed by atoms with Crippen molar-refractivity contribution in [3.8, 4) is 5.75 Å². The maximum absolute atomic E-state index is 12.4. The molecular weight excluding hydrogens is 302 g/mol. The molecule has 5 heteroatoms. The Morgan fingerprint density at radius 1 is 1.12 bits per heavy atom. The van der Waals surface area contributed by atoms with Crippen LogP contribution in [0.5, 0.6) is 5.75 Å². The SMILES string of the molecule is O=C(NCC1Cc2ccccc2C1)c1ncc2cccnc2c1O. The minimum absolute atomic E-state index is 0.0247. The number of hydrogen-bond acceptors (Lipinski definition) is 4. The molecule has 0 saturated heterocycles. The predicted octanol–water partition coefficient (Wildman–Crippen LogP) is 2.48. The highest BCUT2D eigenvalue weighted by Crippen LogP contribution is 2.27. The van der Waals surface area contributed by atoms with Crippen LogP contribution in [0.25, 0.3) is 10.9 Å². The van der Waals surface area contributed by atoms with Gasteiger partial charge in [-0.15, -0.1) is 0 Å². The minimum atomic E-state index is -0.365. The van der Waals surface area contributed by atoms with Gasteiger partial charge < -0.3 is 10.4 Å². The average Bonchev–Trinajstić information content (AvgIpc) is 3.03. The van der Waals surface area contributed by atoms with Crippen molar-refractivity contribution < 1.29 is 9.90 Å². The zero-order valence-corrected chi connectivity index (χ0v) is 13.1. The molecule has 0 spiro atoms. The van der Waals surface area contributed by atoms with Crippen molar-refractivity contribution in [2.75, 3.05) is 6.54 Å². The number of carbonyl (C=O) groups is 1. The zero-order valence-electron chi connectivity index (χ0n) is 13.1. The molecule has 0 fully saturated rings. The molecule has 0 radical (unpaired) electrons. The van der Waals surface area contributed by atoms with Gasteiger partial charge in [-0.2, -0.15) is 0 Å². The number of pyridine rings is 2. The zero-order chi connectivity index (χ0) is 16.5. The number of carbonyl (C=O) groups excluding carboxylic acids is 1. The number of aromatic hydroxyl groups is 1. The Balaban J connectivity index is 1.47. The number of benzene rings is 1. The third kappa shape index (κ3) is 2.58. The lowest BCUT2D eigenvalue weighted by Gasteiger charge is -2.11. The van der Waals surface area contributed by atoms with Crippen LogP contribution in [0.15, 0.2) is 48.8 Å². The Hall–Kier alpha value is -2.95. The van der Waals surface area contributed by atoms with Gasteiger partial charge in [-0.05, 0) is 42.0 Å². The van der Waals surface area contributed by atoms with E-state index in [9.17, 15) is 9.90 Å². The lowest BCUT2D eigenvalue weighted by atomic mass is 10.1. The normalized spacial score (nSPS) is 13.8. The molecule has 1 aliphatic rings. The first-order valence-corrected chi connectivity index (χ1v) is 8.00. The summed E-state index contributed by atoms with van der Waals surface area (Å²) in [5, 5.41) is 13.9. The number of amides is 1. The van der Waals surface area contributed by atoms with Crippen LogP contribution >= 0.6 is 0 Å². The first-order valence-electron chi connectivity index (χ1n) is 8.00. The highest BCUT2D eigenvalue weighted by Gasteiger charge is 2.23. The van der Waals surface area contributed by atoms with E-state index in [1.54, 1.807) is 24.5 Å². The first kappa shape index (κ1) is 14.6. The van der Waals surface area contributed by atoms with Gasteiger partial charge in [0.25, 0.3) is 5.91 Å². The number of fused-ring (bicyclic) bond motifs is 2. The van der Waals surface area contributed by atoms with Gasteiger partial charge in [-0.1, -0.05) is 24.3 Å². The van der Waals surface area contributed by atoms with Gasteiger partial charge in [0.2, 0.25) is 0 Å². The van der Waals surface area contributed by atoms with Crippen molar-refractivity contribution in [1.82, 2.24) is 15.3 Å². The number of nitrogens with one attached hydrogen (secondary N) is 1. The van der Waals surface area contributed by atoms with Crippen LogP contribution in [0.1, 0.15) is 21.6 Å². The Morgan fingerprint density at radius 2 is 1.88 bits per heavy atom. The van der Waals surface area contributed by atoms with Gasteiger partial charge >= 0.3 is 0 Å². The highest BCUT2D eigenvalue weighted by atomic mass is 16.3. The third-order valence-electron chi connectivity index (χ3n) is 4.52. The molecule has 4 rings (SSSR count). The second-order valence-corrected chi connectivity index (χ2v) is 6.15. The van der Waals surface area contributed by atoms with Gasteiger partial charge in [0.15, 0.2) is 11.4 Å². The molecule has 2 aromatic heterocycles. The van der Waals surface area contributed by atoms with E-state index in [1.807, 2.05) is 12.1 Å². The molecule has 1 amide bonds. The molecule has 2 N–H and O–H groups in total. The van der Waals surface area contributed by atoms with Gasteiger partial charge in [0.05, 0.1) is 0 Å². The Bertz CT molecular complexity index is 898. The van der Waals surface area contributed by atoms with Crippen molar-refractivity contribution in [1.29, 1.82) is 0 Å². The fraction of sp³-hybridized carbons (Fsp3) is 0.211. The lowest BCUT2D eigenvalue weighted by Crippen LogP contribution is -2.30. The van der Waals surface area contributed by atoms with Crippen LogP contribution in [0.3, 0.4) is 0 Å². The summed E-state index contributed by atoms with van der Waals surface area (Å²) in [5.41, 5.74) is 3.13. The molecule has 24 heavy (non-hydrogen) atoms. The van der Waals surface area contributed by atoms with Gasteiger partial charge in [0.1, 0.15) is 5.52 Å². The largest absolute Gasteiger partial charge is 0.504 e. The summed E-state index contributed by atoms with van der Waals surface area (Å²) in [6.45, 7) is 0.564. The average molecular weight is 319 g/mol. The van der Waals surface area contributed by atoms with E-state index in [2.05, 4.69) is 27.4 Å². The molecule has 2 heterocycles. The minimum Gasteiger partial charge on any atom is -0.504 e. The maximum atomic E-state index is 12.4. The van der Waals surface area contributed by atoms with E-state index in [-0.39, 0.29) is 17.4 Å². The molecule has 1 aliphatic carbocycles. The van der Waals surface area contributed by atoms with Crippen molar-refractivity contribution >= 4 is 16.8 Å². The summed E-state index contributed by atoms with van der Waals surface area (Å²) in [6.07, 6.45) is 5.08. The first-order chi connectivity index (χ1) is 11.7. The fourth-order valence-electron chi connectivity index (χ4n) is 3.31. The van der Waals surface area contributed by atoms with Crippen LogP contribution in [-0.2, 0) is 12.8 Å². The summed E-state index contributed by atoms with van der Waals surface area (Å²) in [4.78, 5) is 20.6. The maximum Gasteiger partial charge on any atom is 0.273 e. The number of hydrogen-bond donors (Lipinski definition) is 2. The van der Waals surface area contributed by atoms with Gasteiger partial charge in [-0.25, -0.2) is 4.98 Å². The molecule has 1 aromatic carbocycles. The Labute approximate surface area is 139 Å². The number of aromatic nitrogens is 2. The van der Waals surface area contributed by atoms with E-state index in [0.29, 0.717) is 23.4 Å². The molecule has 0 aliphatic heterocycles. The van der Waals surface area contributed by atoms with Crippen molar-refractivity contribution in [3.63, 3.8) is 0 Å². The van der Waals surface area contributed by atoms with Crippen LogP contribution in [-0.4, -0.2) is 27.5 Å². The van der Waals surface area contributed by atoms with E-state index >= 15 is 0 Å². The molecule has 0 unspecified atom stereocenters. The van der Waals surface area contributed by atoms with E-state index in [4.69, 9.17) is 0 Å². The van der Waals surface area contributed by atoms with Crippen LogP contribution < -0.4 is 5.32 Å². The molecule has 3 aromatic rings. The summed E-state index contributed by atoms with van der Waals surface area (Å²) in [5.74, 6) is -0.150. The highest BCUT2D eigenvalue weighted by molar-refractivity contribution is 6.00. The number of nitrogens with zero attached hydrogens (tertiary/aromatic N) is 2. The summed E-state index contributed by atoms with van der Waals surface area (Å²) < 4.78 is 0. The molecule has 0 bridgehead atoms. The van der Waals surface area contributed by atoms with Crippen molar-refractivity contribution in [3.05, 3.63) is 65.6 Å². The van der Waals surface area contributed by atoms with Gasteiger partial charge in [0, 0.05) is 24.3 Å². The number of rotatable bonds is 3. The van der Waals surface area contributed by atoms with E-state index < -0.39 is 0 Å². The van der Waals surface area contributed by atoms with Crippen LogP contribution in [0.4, 0.5) is 0 Å². The Morgan fingerprint density at radius 3 is 2.62 bits per heavy atom. The second-order valence-electron chi connectivity index (χ2n) is 6.15. The van der Waals surface area contributed by atoms with Crippen molar-refractivity contribution in [2.45, 2.75) is 12.8 Å². The molecule has 0 saturated carbocycles. The Kier molecular flexibility index (Phi) is 3.61. The predicted molar refractivity (Wildman–Crippen MR) is 90.9 cm³/mol. The summed E-state index contributed by atoms with van der Waals surface area (Å²) in [6, 6.07) is 11.9. The fourth-order valence-corrected chi connectivity index (χ4v) is 3.31. The van der Waals surface area contributed by atoms with Crippen LogP contribution in [0, 0.1) is 5.92 Å². The lowest BCUT2D eigenvalue weighted by molar-refractivity contribution is 0.0940. The quantitative estimate of drug-likeness (QED) is 0.778. The van der Waals surface area contributed by atoms with E-state index in [1.165, 1.54) is 11.1 Å². The second kappa shape index (κ2) is 5.92. The topological polar surface area (TPSA) is 75.1 Å². The smallest absolute Gasteiger partial charge is 0.273 e. The summed E-state index contributed by atoms with van der Waals surface area (Å²) in [7, 11) is 0. The molecule has 120 valence electrons. The molecular formula is C19H17N3O2. The third-order valence-corrected chi connectivity index (χ3v) is 4.52. The molecule has 0 atom stereocenters. The van der Waals surface area contributed by atoms with E-state index in [0.717, 1.165) is 12.8 Å². The van der Waals surface area contributed by atoms with Gasteiger partial charge in [-0.3, -0.25) is 9.78 Å². The summed E-state index contributed by atoms with van der Waals surface area (Å²) >= 11 is 0. The molecule has 5 nitrogen and oxygen atoms in total.